The van der Waals surface area contributed by atoms with Crippen molar-refractivity contribution in [2.24, 2.45) is 5.92 Å². The summed E-state index contributed by atoms with van der Waals surface area (Å²) in [5.74, 6) is 1.05. The SMILES string of the molecule is CCn1c(SCC(=O)Nc2cccc(NC(=O)C3CC3)c2)nnc1-c1cccc(C)c1. The van der Waals surface area contributed by atoms with Gasteiger partial charge in [-0.15, -0.1) is 10.2 Å². The second-order valence-electron chi connectivity index (χ2n) is 7.60. The van der Waals surface area contributed by atoms with Gasteiger partial charge in [0.05, 0.1) is 5.75 Å². The van der Waals surface area contributed by atoms with Gasteiger partial charge >= 0.3 is 0 Å². The maximum Gasteiger partial charge on any atom is 0.234 e. The molecule has 0 atom stereocenters. The van der Waals surface area contributed by atoms with Gasteiger partial charge in [-0.3, -0.25) is 9.59 Å². The quantitative estimate of drug-likeness (QED) is 0.514. The minimum atomic E-state index is -0.140. The molecule has 1 heterocycles. The highest BCUT2D eigenvalue weighted by molar-refractivity contribution is 7.99. The second-order valence-corrected chi connectivity index (χ2v) is 8.54. The Kier molecular flexibility index (Phi) is 6.36. The number of carbonyl (C=O) groups excluding carboxylic acids is 2. The first-order valence-corrected chi connectivity index (χ1v) is 11.4. The fourth-order valence-electron chi connectivity index (χ4n) is 3.27. The first kappa shape index (κ1) is 21.1. The summed E-state index contributed by atoms with van der Waals surface area (Å²) in [6, 6.07) is 15.3. The van der Waals surface area contributed by atoms with Crippen LogP contribution in [0.25, 0.3) is 11.4 Å². The Labute approximate surface area is 185 Å². The van der Waals surface area contributed by atoms with Crippen LogP contribution in [-0.4, -0.2) is 32.3 Å². The van der Waals surface area contributed by atoms with Crippen LogP contribution in [0.4, 0.5) is 11.4 Å². The van der Waals surface area contributed by atoms with E-state index in [1.807, 2.05) is 48.7 Å². The molecule has 0 bridgehead atoms. The van der Waals surface area contributed by atoms with E-state index < -0.39 is 0 Å². The first-order chi connectivity index (χ1) is 15.0. The molecule has 31 heavy (non-hydrogen) atoms. The smallest absolute Gasteiger partial charge is 0.234 e. The van der Waals surface area contributed by atoms with Gasteiger partial charge in [0.25, 0.3) is 0 Å². The third-order valence-corrected chi connectivity index (χ3v) is 5.97. The van der Waals surface area contributed by atoms with Gasteiger partial charge in [0, 0.05) is 29.4 Å². The predicted octanol–water partition coefficient (Wildman–Crippen LogP) is 4.35. The number of aromatic nitrogens is 3. The minimum Gasteiger partial charge on any atom is -0.326 e. The zero-order valence-corrected chi connectivity index (χ0v) is 18.4. The fraction of sp³-hybridized carbons (Fsp3) is 0.304. The van der Waals surface area contributed by atoms with Crippen LogP contribution in [0.1, 0.15) is 25.3 Å². The van der Waals surface area contributed by atoms with E-state index >= 15 is 0 Å². The van der Waals surface area contributed by atoms with Crippen molar-refractivity contribution in [3.63, 3.8) is 0 Å². The molecule has 2 N–H and O–H groups in total. The number of rotatable bonds is 8. The van der Waals surface area contributed by atoms with E-state index in [9.17, 15) is 9.59 Å². The third-order valence-electron chi connectivity index (χ3n) is 5.00. The highest BCUT2D eigenvalue weighted by atomic mass is 32.2. The molecule has 0 spiro atoms. The Morgan fingerprint density at radius 1 is 1.06 bits per heavy atom. The van der Waals surface area contributed by atoms with Crippen molar-refractivity contribution in [2.75, 3.05) is 16.4 Å². The lowest BCUT2D eigenvalue weighted by Gasteiger charge is -2.09. The number of benzene rings is 2. The van der Waals surface area contributed by atoms with Gasteiger partial charge in [-0.1, -0.05) is 41.6 Å². The Morgan fingerprint density at radius 3 is 2.52 bits per heavy atom. The lowest BCUT2D eigenvalue weighted by Crippen LogP contribution is -2.16. The Morgan fingerprint density at radius 2 is 1.81 bits per heavy atom. The predicted molar refractivity (Wildman–Crippen MR) is 123 cm³/mol. The minimum absolute atomic E-state index is 0.0438. The molecule has 1 aliphatic carbocycles. The lowest BCUT2D eigenvalue weighted by molar-refractivity contribution is -0.117. The number of hydrogen-bond donors (Lipinski definition) is 2. The van der Waals surface area contributed by atoms with Crippen molar-refractivity contribution < 1.29 is 9.59 Å². The summed E-state index contributed by atoms with van der Waals surface area (Å²) in [6.45, 7) is 4.79. The molecular weight excluding hydrogens is 410 g/mol. The van der Waals surface area contributed by atoms with E-state index in [0.717, 1.165) is 29.8 Å². The van der Waals surface area contributed by atoms with Crippen molar-refractivity contribution in [3.8, 4) is 11.4 Å². The molecule has 0 unspecified atom stereocenters. The van der Waals surface area contributed by atoms with Gasteiger partial charge in [-0.05, 0) is 51.0 Å². The largest absolute Gasteiger partial charge is 0.326 e. The van der Waals surface area contributed by atoms with Gasteiger partial charge in [0.1, 0.15) is 0 Å². The maximum absolute atomic E-state index is 12.5. The molecule has 8 heteroatoms. The second kappa shape index (κ2) is 9.34. The summed E-state index contributed by atoms with van der Waals surface area (Å²) in [4.78, 5) is 24.4. The average molecular weight is 436 g/mol. The number of anilines is 2. The number of thioether (sulfide) groups is 1. The number of nitrogens with one attached hydrogen (secondary N) is 2. The number of nitrogens with zero attached hydrogens (tertiary/aromatic N) is 3. The summed E-state index contributed by atoms with van der Waals surface area (Å²) >= 11 is 1.35. The van der Waals surface area contributed by atoms with Crippen LogP contribution in [0, 0.1) is 12.8 Å². The Balaban J connectivity index is 1.37. The molecule has 1 aromatic heterocycles. The van der Waals surface area contributed by atoms with Crippen LogP contribution in [0.2, 0.25) is 0 Å². The standard InChI is InChI=1S/C23H25N5O2S/c1-3-28-21(17-7-4-6-15(2)12-17)26-27-23(28)31-14-20(29)24-18-8-5-9-19(13-18)25-22(30)16-10-11-16/h4-9,12-13,16H,3,10-11,14H2,1-2H3,(H,24,29)(H,25,30). The van der Waals surface area contributed by atoms with Crippen LogP contribution in [0.5, 0.6) is 0 Å². The van der Waals surface area contributed by atoms with Crippen molar-refractivity contribution in [1.29, 1.82) is 0 Å². The van der Waals surface area contributed by atoms with Crippen LogP contribution in [0.15, 0.2) is 53.7 Å². The highest BCUT2D eigenvalue weighted by Gasteiger charge is 2.29. The molecule has 1 saturated carbocycles. The topological polar surface area (TPSA) is 88.9 Å². The first-order valence-electron chi connectivity index (χ1n) is 10.4. The van der Waals surface area contributed by atoms with E-state index in [-0.39, 0.29) is 23.5 Å². The van der Waals surface area contributed by atoms with Crippen molar-refractivity contribution in [3.05, 3.63) is 54.1 Å². The monoisotopic (exact) mass is 435 g/mol. The summed E-state index contributed by atoms with van der Waals surface area (Å²) in [7, 11) is 0. The molecule has 3 aromatic rings. The molecule has 0 saturated heterocycles. The summed E-state index contributed by atoms with van der Waals surface area (Å²) in [5, 5.41) is 15.1. The summed E-state index contributed by atoms with van der Waals surface area (Å²) < 4.78 is 2.01. The van der Waals surface area contributed by atoms with Gasteiger partial charge in [-0.2, -0.15) is 0 Å². The van der Waals surface area contributed by atoms with Gasteiger partial charge in [-0.25, -0.2) is 0 Å². The molecule has 2 aromatic carbocycles. The maximum atomic E-state index is 12.5. The normalized spacial score (nSPS) is 13.1. The van der Waals surface area contributed by atoms with Crippen LogP contribution >= 0.6 is 11.8 Å². The van der Waals surface area contributed by atoms with Gasteiger partial charge in [0.15, 0.2) is 11.0 Å². The third kappa shape index (κ3) is 5.32. The van der Waals surface area contributed by atoms with E-state index in [0.29, 0.717) is 23.1 Å². The zero-order chi connectivity index (χ0) is 21.8. The average Bonchev–Trinajstić information content (AvgIpc) is 3.52. The van der Waals surface area contributed by atoms with Gasteiger partial charge < -0.3 is 15.2 Å². The van der Waals surface area contributed by atoms with E-state index in [4.69, 9.17) is 0 Å². The zero-order valence-electron chi connectivity index (χ0n) is 17.6. The van der Waals surface area contributed by atoms with Crippen molar-refractivity contribution in [1.82, 2.24) is 14.8 Å². The number of amides is 2. The molecule has 0 radical (unpaired) electrons. The number of carbonyl (C=O) groups is 2. The van der Waals surface area contributed by atoms with Crippen molar-refractivity contribution in [2.45, 2.75) is 38.4 Å². The molecule has 1 aliphatic rings. The van der Waals surface area contributed by atoms with Crippen LogP contribution in [0.3, 0.4) is 0 Å². The van der Waals surface area contributed by atoms with Gasteiger partial charge in [0.2, 0.25) is 11.8 Å². The Hall–Kier alpha value is -3.13. The lowest BCUT2D eigenvalue weighted by atomic mass is 10.1. The molecule has 1 fully saturated rings. The molecule has 0 aliphatic heterocycles. The number of hydrogen-bond acceptors (Lipinski definition) is 5. The number of aryl methyl sites for hydroxylation is 1. The molecule has 2 amide bonds. The Bertz CT molecular complexity index is 1110. The molecular formula is C23H25N5O2S. The van der Waals surface area contributed by atoms with E-state index in [1.54, 1.807) is 12.1 Å². The molecule has 4 rings (SSSR count). The van der Waals surface area contributed by atoms with E-state index in [1.165, 1.54) is 11.8 Å². The molecule has 160 valence electrons. The summed E-state index contributed by atoms with van der Waals surface area (Å²) in [5.41, 5.74) is 3.51. The highest BCUT2D eigenvalue weighted by Crippen LogP contribution is 2.30. The van der Waals surface area contributed by atoms with Crippen molar-refractivity contribution >= 4 is 35.0 Å². The fourth-order valence-corrected chi connectivity index (χ4v) is 4.07. The van der Waals surface area contributed by atoms with Crippen LogP contribution in [-0.2, 0) is 16.1 Å². The van der Waals surface area contributed by atoms with Crippen LogP contribution < -0.4 is 10.6 Å². The molecule has 7 nitrogen and oxygen atoms in total. The van der Waals surface area contributed by atoms with E-state index in [2.05, 4.69) is 26.9 Å². The summed E-state index contributed by atoms with van der Waals surface area (Å²) in [6.07, 6.45) is 1.90.